The molecule has 2 aliphatic heterocycles. The van der Waals surface area contributed by atoms with Gasteiger partial charge < -0.3 is 25.4 Å². The topological polar surface area (TPSA) is 88.7 Å². The lowest BCUT2D eigenvalue weighted by molar-refractivity contribution is 0.0966. The van der Waals surface area contributed by atoms with Crippen molar-refractivity contribution in [3.8, 4) is 11.3 Å². The Kier molecular flexibility index (Phi) is 5.90. The zero-order valence-electron chi connectivity index (χ0n) is 19.6. The summed E-state index contributed by atoms with van der Waals surface area (Å²) in [4.78, 5) is 29.6. The Balaban J connectivity index is 1.45. The summed E-state index contributed by atoms with van der Waals surface area (Å²) in [7, 11) is 2.15. The summed E-state index contributed by atoms with van der Waals surface area (Å²) in [5, 5.41) is 7.30. The molecular formula is C26H29N7O. The van der Waals surface area contributed by atoms with E-state index in [-0.39, 0.29) is 5.91 Å². The van der Waals surface area contributed by atoms with E-state index in [0.717, 1.165) is 53.9 Å². The molecule has 3 aromatic rings. The molecule has 3 N–H and O–H groups in total. The number of aromatic amines is 1. The summed E-state index contributed by atoms with van der Waals surface area (Å²) in [6, 6.07) is 8.10. The Morgan fingerprint density at radius 3 is 2.82 bits per heavy atom. The number of carbonyl (C=O) groups excluding carboxylic acids is 1. The number of carbonyl (C=O) groups is 1. The first kappa shape index (κ1) is 21.9. The van der Waals surface area contributed by atoms with Crippen molar-refractivity contribution < 1.29 is 4.79 Å². The van der Waals surface area contributed by atoms with Crippen molar-refractivity contribution >= 4 is 29.2 Å². The van der Waals surface area contributed by atoms with E-state index >= 15 is 0 Å². The first-order chi connectivity index (χ1) is 16.5. The molecule has 1 aromatic carbocycles. The number of anilines is 1. The quantitative estimate of drug-likeness (QED) is 0.391. The molecule has 0 saturated carbocycles. The lowest BCUT2D eigenvalue weighted by atomic mass is 9.99. The van der Waals surface area contributed by atoms with Gasteiger partial charge in [-0.25, -0.2) is 4.99 Å². The van der Waals surface area contributed by atoms with Crippen LogP contribution in [0.2, 0.25) is 0 Å². The van der Waals surface area contributed by atoms with Gasteiger partial charge >= 0.3 is 0 Å². The van der Waals surface area contributed by atoms with Crippen LogP contribution < -0.4 is 10.6 Å². The number of likely N-dealkylation sites (N-methyl/N-ethyl adjacent to an activating group) is 1. The number of nitrogens with one attached hydrogen (secondary N) is 3. The number of hydrogen-bond acceptors (Lipinski definition) is 6. The van der Waals surface area contributed by atoms with Gasteiger partial charge in [-0.1, -0.05) is 12.1 Å². The monoisotopic (exact) mass is 455 g/mol. The van der Waals surface area contributed by atoms with Gasteiger partial charge in [-0.2, -0.15) is 0 Å². The fraction of sp³-hybridized carbons (Fsp3) is 0.269. The smallest absolute Gasteiger partial charge is 0.254 e. The van der Waals surface area contributed by atoms with Crippen LogP contribution in [0.5, 0.6) is 0 Å². The Bertz CT molecular complexity index is 1310. The number of benzene rings is 1. The average Bonchev–Trinajstić information content (AvgIpc) is 3.49. The van der Waals surface area contributed by atoms with Gasteiger partial charge in [0.1, 0.15) is 5.82 Å². The molecule has 2 aromatic heterocycles. The maximum Gasteiger partial charge on any atom is 0.254 e. The van der Waals surface area contributed by atoms with Crippen molar-refractivity contribution in [1.29, 1.82) is 0 Å². The van der Waals surface area contributed by atoms with Crippen LogP contribution >= 0.6 is 0 Å². The Hall–Kier alpha value is -3.91. The number of H-pyrrole nitrogens is 1. The number of hydrogen-bond donors (Lipinski definition) is 3. The molecule has 8 nitrogen and oxygen atoms in total. The minimum absolute atomic E-state index is 0.116. The zero-order valence-corrected chi connectivity index (χ0v) is 19.6. The average molecular weight is 456 g/mol. The summed E-state index contributed by atoms with van der Waals surface area (Å²) in [6.07, 6.45) is 7.56. The van der Waals surface area contributed by atoms with E-state index < -0.39 is 0 Å². The summed E-state index contributed by atoms with van der Waals surface area (Å²) in [5.74, 6) is 0.452. The van der Waals surface area contributed by atoms with Gasteiger partial charge in [0.05, 0.1) is 23.1 Å². The molecule has 34 heavy (non-hydrogen) atoms. The number of piperazine rings is 1. The highest BCUT2D eigenvalue weighted by Crippen LogP contribution is 2.35. The maximum atomic E-state index is 12.8. The van der Waals surface area contributed by atoms with E-state index in [1.54, 1.807) is 6.20 Å². The Morgan fingerprint density at radius 2 is 2.03 bits per heavy atom. The molecule has 0 aliphatic carbocycles. The molecule has 0 spiro atoms. The number of nitrogens with zero attached hydrogens (tertiary/aromatic N) is 4. The number of aliphatic imine (C=N–C) groups is 1. The molecule has 8 heteroatoms. The number of fused-ring (bicyclic) bond motifs is 2. The van der Waals surface area contributed by atoms with Gasteiger partial charge in [0.15, 0.2) is 0 Å². The first-order valence-electron chi connectivity index (χ1n) is 11.5. The van der Waals surface area contributed by atoms with Crippen molar-refractivity contribution in [2.24, 2.45) is 4.99 Å². The van der Waals surface area contributed by atoms with E-state index in [4.69, 9.17) is 4.98 Å². The molecule has 1 amide bonds. The molecule has 0 unspecified atom stereocenters. The fourth-order valence-corrected chi connectivity index (χ4v) is 4.60. The molecule has 2 aliphatic rings. The minimum Gasteiger partial charge on any atom is -0.372 e. The van der Waals surface area contributed by atoms with Crippen LogP contribution in [0.3, 0.4) is 0 Å². The predicted molar refractivity (Wildman–Crippen MR) is 137 cm³/mol. The van der Waals surface area contributed by atoms with Gasteiger partial charge in [0.2, 0.25) is 0 Å². The van der Waals surface area contributed by atoms with Gasteiger partial charge in [-0.3, -0.25) is 9.78 Å². The standard InChI is InChI=1S/C26H29N7O/c1-17(33-13-11-32(3)12-14-33)7-8-23(27-2)31-22-16-29-25(20-15-30-26(34)24(20)22)19-5-4-6-21-18(19)9-10-28-21/h4-10,16,28,31H,2,11-15H2,1,3H3,(H,30,34)/b17-7+,23-8+. The fourth-order valence-electron chi connectivity index (χ4n) is 4.60. The van der Waals surface area contributed by atoms with Crippen molar-refractivity contribution in [3.63, 3.8) is 0 Å². The highest BCUT2D eigenvalue weighted by atomic mass is 16.1. The van der Waals surface area contributed by atoms with Crippen LogP contribution in [-0.2, 0) is 6.54 Å². The summed E-state index contributed by atoms with van der Waals surface area (Å²) in [6.45, 7) is 10.4. The van der Waals surface area contributed by atoms with E-state index in [2.05, 4.69) is 51.1 Å². The van der Waals surface area contributed by atoms with Crippen LogP contribution in [-0.4, -0.2) is 65.6 Å². The highest BCUT2D eigenvalue weighted by Gasteiger charge is 2.28. The second kappa shape index (κ2) is 9.15. The number of aromatic nitrogens is 2. The van der Waals surface area contributed by atoms with Crippen molar-refractivity contribution in [1.82, 2.24) is 25.1 Å². The second-order valence-electron chi connectivity index (χ2n) is 8.73. The van der Waals surface area contributed by atoms with Crippen LogP contribution in [0.25, 0.3) is 22.2 Å². The largest absolute Gasteiger partial charge is 0.372 e. The van der Waals surface area contributed by atoms with Crippen molar-refractivity contribution in [3.05, 3.63) is 71.5 Å². The number of amides is 1. The SMILES string of the molecule is C=N/C(=C\C=C(/C)N1CCN(C)CC1)Nc1cnc(-c2cccc3[nH]ccc23)c2c1C(=O)NC2. The van der Waals surface area contributed by atoms with Crippen LogP contribution in [0.4, 0.5) is 5.69 Å². The third kappa shape index (κ3) is 4.08. The van der Waals surface area contributed by atoms with E-state index in [0.29, 0.717) is 23.6 Å². The third-order valence-corrected chi connectivity index (χ3v) is 6.60. The van der Waals surface area contributed by atoms with Crippen LogP contribution in [0.15, 0.2) is 65.3 Å². The zero-order chi connectivity index (χ0) is 23.7. The van der Waals surface area contributed by atoms with Gasteiger partial charge in [-0.05, 0) is 45.0 Å². The second-order valence-corrected chi connectivity index (χ2v) is 8.73. The molecule has 1 fully saturated rings. The third-order valence-electron chi connectivity index (χ3n) is 6.60. The summed E-state index contributed by atoms with van der Waals surface area (Å²) in [5.41, 5.74) is 6.14. The Morgan fingerprint density at radius 1 is 1.21 bits per heavy atom. The molecule has 174 valence electrons. The summed E-state index contributed by atoms with van der Waals surface area (Å²) >= 11 is 0. The number of pyridine rings is 1. The van der Waals surface area contributed by atoms with E-state index in [9.17, 15) is 4.79 Å². The molecule has 4 heterocycles. The van der Waals surface area contributed by atoms with E-state index in [1.165, 1.54) is 5.70 Å². The Labute approximate surface area is 199 Å². The highest BCUT2D eigenvalue weighted by molar-refractivity contribution is 6.06. The van der Waals surface area contributed by atoms with Crippen molar-refractivity contribution in [2.45, 2.75) is 13.5 Å². The minimum atomic E-state index is -0.116. The molecule has 0 atom stereocenters. The van der Waals surface area contributed by atoms with Crippen molar-refractivity contribution in [2.75, 3.05) is 38.5 Å². The lowest BCUT2D eigenvalue weighted by Gasteiger charge is -2.34. The van der Waals surface area contributed by atoms with Crippen LogP contribution in [0, 0.1) is 0 Å². The van der Waals surface area contributed by atoms with Crippen LogP contribution in [0.1, 0.15) is 22.8 Å². The molecule has 5 rings (SSSR count). The van der Waals surface area contributed by atoms with Gasteiger partial charge in [0.25, 0.3) is 5.91 Å². The molecule has 1 saturated heterocycles. The predicted octanol–water partition coefficient (Wildman–Crippen LogP) is 3.58. The number of allylic oxidation sites excluding steroid dienone is 3. The van der Waals surface area contributed by atoms with Gasteiger partial charge in [0, 0.05) is 66.6 Å². The number of rotatable bonds is 6. The van der Waals surface area contributed by atoms with E-state index in [1.807, 2.05) is 42.6 Å². The normalized spacial score (nSPS) is 17.1. The maximum absolute atomic E-state index is 12.8. The molecule has 0 bridgehead atoms. The van der Waals surface area contributed by atoms with Gasteiger partial charge in [-0.15, -0.1) is 0 Å². The lowest BCUT2D eigenvalue weighted by Crippen LogP contribution is -2.43. The molecule has 0 radical (unpaired) electrons. The molecular weight excluding hydrogens is 426 g/mol. The first-order valence-corrected chi connectivity index (χ1v) is 11.5. The summed E-state index contributed by atoms with van der Waals surface area (Å²) < 4.78 is 0.